The molecule has 1 amide bonds. The summed E-state index contributed by atoms with van der Waals surface area (Å²) in [7, 11) is 0. The van der Waals surface area contributed by atoms with Crippen molar-refractivity contribution >= 4 is 34.1 Å². The van der Waals surface area contributed by atoms with Gasteiger partial charge in [-0.1, -0.05) is 48.5 Å². The highest BCUT2D eigenvalue weighted by molar-refractivity contribution is 6.02. The fourth-order valence-corrected chi connectivity index (χ4v) is 5.20. The number of anilines is 2. The number of fused-ring (bicyclic) bond motifs is 5. The standard InChI is InChI=1S/C28H25N5O3/c1-18(2)31-23-13-7-8-14-24(23)33-27(36)26(35)30(29-28(31)33)17-25(34)32-21-11-5-3-9-19(21)15-16-20-10-4-6-12-22(20)32/h3-14,18H,15-17H2,1-2H3. The number of nitrogens with zero attached hydrogens (tertiary/aromatic N) is 5. The van der Waals surface area contributed by atoms with Gasteiger partial charge in [-0.3, -0.25) is 19.3 Å². The van der Waals surface area contributed by atoms with Crippen molar-refractivity contribution < 1.29 is 4.79 Å². The summed E-state index contributed by atoms with van der Waals surface area (Å²) in [4.78, 5) is 41.9. The number of carbonyl (C=O) groups is 1. The lowest BCUT2D eigenvalue weighted by Crippen LogP contribution is -2.43. The van der Waals surface area contributed by atoms with Crippen LogP contribution in [-0.2, 0) is 24.2 Å². The van der Waals surface area contributed by atoms with Gasteiger partial charge in [0.25, 0.3) is 5.91 Å². The number of hydrogen-bond acceptors (Lipinski definition) is 4. The number of imidazole rings is 1. The summed E-state index contributed by atoms with van der Waals surface area (Å²) in [5.74, 6) is 0.00243. The van der Waals surface area contributed by atoms with Crippen molar-refractivity contribution in [1.82, 2.24) is 18.7 Å². The number of amides is 1. The number of para-hydroxylation sites is 4. The van der Waals surface area contributed by atoms with Gasteiger partial charge in [0.2, 0.25) is 5.78 Å². The fourth-order valence-electron chi connectivity index (χ4n) is 5.20. The fraction of sp³-hybridized carbons (Fsp3) is 0.214. The Morgan fingerprint density at radius 2 is 1.36 bits per heavy atom. The van der Waals surface area contributed by atoms with E-state index in [9.17, 15) is 14.4 Å². The van der Waals surface area contributed by atoms with Crippen LogP contribution in [0, 0.1) is 0 Å². The van der Waals surface area contributed by atoms with Gasteiger partial charge in [0.1, 0.15) is 6.54 Å². The zero-order chi connectivity index (χ0) is 25.0. The third kappa shape index (κ3) is 3.29. The molecule has 0 atom stereocenters. The van der Waals surface area contributed by atoms with E-state index in [2.05, 4.69) is 5.10 Å². The summed E-state index contributed by atoms with van der Waals surface area (Å²) in [6, 6.07) is 23.0. The van der Waals surface area contributed by atoms with Crippen molar-refractivity contribution in [3.8, 4) is 0 Å². The molecule has 0 aliphatic carbocycles. The molecule has 8 nitrogen and oxygen atoms in total. The van der Waals surface area contributed by atoms with Crippen molar-refractivity contribution in [3.63, 3.8) is 0 Å². The van der Waals surface area contributed by atoms with Crippen LogP contribution in [0.1, 0.15) is 31.0 Å². The topological polar surface area (TPSA) is 81.6 Å². The van der Waals surface area contributed by atoms with Crippen LogP contribution in [-0.4, -0.2) is 24.7 Å². The molecule has 6 rings (SSSR count). The molecule has 0 N–H and O–H groups in total. The summed E-state index contributed by atoms with van der Waals surface area (Å²) < 4.78 is 4.26. The van der Waals surface area contributed by atoms with E-state index >= 15 is 0 Å². The molecule has 0 fully saturated rings. The van der Waals surface area contributed by atoms with E-state index in [0.717, 1.165) is 45.5 Å². The highest BCUT2D eigenvalue weighted by Crippen LogP contribution is 2.36. The molecule has 5 aromatic rings. The van der Waals surface area contributed by atoms with Gasteiger partial charge in [0.05, 0.1) is 22.4 Å². The quantitative estimate of drug-likeness (QED) is 0.368. The predicted molar refractivity (Wildman–Crippen MR) is 139 cm³/mol. The van der Waals surface area contributed by atoms with Crippen LogP contribution in [0.5, 0.6) is 0 Å². The Kier molecular flexibility index (Phi) is 5.10. The van der Waals surface area contributed by atoms with Gasteiger partial charge in [-0.15, -0.1) is 5.10 Å². The van der Waals surface area contributed by atoms with Crippen LogP contribution in [0.15, 0.2) is 82.4 Å². The van der Waals surface area contributed by atoms with Gasteiger partial charge in [-0.25, -0.2) is 9.08 Å². The second-order valence-electron chi connectivity index (χ2n) is 9.34. The van der Waals surface area contributed by atoms with E-state index in [0.29, 0.717) is 11.3 Å². The average molecular weight is 480 g/mol. The van der Waals surface area contributed by atoms with E-state index in [1.54, 1.807) is 11.0 Å². The molecule has 0 saturated heterocycles. The van der Waals surface area contributed by atoms with Crippen LogP contribution in [0.3, 0.4) is 0 Å². The minimum atomic E-state index is -0.830. The molecule has 36 heavy (non-hydrogen) atoms. The maximum atomic E-state index is 13.8. The van der Waals surface area contributed by atoms with Crippen LogP contribution in [0.4, 0.5) is 11.4 Å². The van der Waals surface area contributed by atoms with E-state index < -0.39 is 11.1 Å². The Bertz CT molecular complexity index is 1730. The van der Waals surface area contributed by atoms with E-state index in [-0.39, 0.29) is 18.5 Å². The molecule has 0 saturated carbocycles. The Balaban J connectivity index is 1.52. The largest absolute Gasteiger partial charge is 0.333 e. The van der Waals surface area contributed by atoms with Crippen molar-refractivity contribution in [2.24, 2.45) is 0 Å². The van der Waals surface area contributed by atoms with Gasteiger partial charge >= 0.3 is 11.1 Å². The van der Waals surface area contributed by atoms with Gasteiger partial charge in [0, 0.05) is 6.04 Å². The van der Waals surface area contributed by atoms with Gasteiger partial charge in [-0.2, -0.15) is 0 Å². The van der Waals surface area contributed by atoms with E-state index in [1.165, 1.54) is 4.40 Å². The normalized spacial score (nSPS) is 13.1. The Morgan fingerprint density at radius 1 is 0.806 bits per heavy atom. The molecule has 0 bridgehead atoms. The molecular weight excluding hydrogens is 454 g/mol. The number of aromatic nitrogens is 4. The number of benzene rings is 3. The van der Waals surface area contributed by atoms with Crippen molar-refractivity contribution in [2.45, 2.75) is 39.3 Å². The zero-order valence-electron chi connectivity index (χ0n) is 20.1. The lowest BCUT2D eigenvalue weighted by Gasteiger charge is -2.25. The molecule has 3 heterocycles. The molecule has 2 aromatic heterocycles. The molecule has 180 valence electrons. The number of hydrogen-bond donors (Lipinski definition) is 0. The maximum absolute atomic E-state index is 13.8. The number of carbonyl (C=O) groups excluding carboxylic acids is 1. The Labute approximate surface area is 206 Å². The summed E-state index contributed by atoms with van der Waals surface area (Å²) in [5, 5.41) is 4.55. The molecule has 0 spiro atoms. The summed E-state index contributed by atoms with van der Waals surface area (Å²) in [5.41, 5.74) is 3.55. The minimum absolute atomic E-state index is 0.0159. The predicted octanol–water partition coefficient (Wildman–Crippen LogP) is 3.86. The average Bonchev–Trinajstić information content (AvgIpc) is 3.11. The smallest absolute Gasteiger partial charge is 0.306 e. The summed E-state index contributed by atoms with van der Waals surface area (Å²) in [6.45, 7) is 3.63. The van der Waals surface area contributed by atoms with Crippen molar-refractivity contribution in [2.75, 3.05) is 4.90 Å². The molecular formula is C28H25N5O3. The van der Waals surface area contributed by atoms with Gasteiger partial charge in [0.15, 0.2) is 0 Å². The lowest BCUT2D eigenvalue weighted by atomic mass is 10.0. The highest BCUT2D eigenvalue weighted by atomic mass is 16.2. The monoisotopic (exact) mass is 479 g/mol. The first-order chi connectivity index (χ1) is 17.5. The molecule has 3 aromatic carbocycles. The maximum Gasteiger partial charge on any atom is 0.333 e. The third-order valence-corrected chi connectivity index (χ3v) is 6.81. The second-order valence-corrected chi connectivity index (χ2v) is 9.34. The van der Waals surface area contributed by atoms with Crippen LogP contribution >= 0.6 is 0 Å². The van der Waals surface area contributed by atoms with Crippen LogP contribution < -0.4 is 16.0 Å². The first-order valence-corrected chi connectivity index (χ1v) is 12.1. The molecule has 0 radical (unpaired) electrons. The van der Waals surface area contributed by atoms with Crippen molar-refractivity contribution in [3.05, 3.63) is 105 Å². The molecule has 8 heteroatoms. The number of rotatable bonds is 3. The Morgan fingerprint density at radius 3 is 1.97 bits per heavy atom. The molecule has 1 aliphatic rings. The third-order valence-electron chi connectivity index (χ3n) is 6.81. The highest BCUT2D eigenvalue weighted by Gasteiger charge is 2.27. The lowest BCUT2D eigenvalue weighted by molar-refractivity contribution is -0.118. The summed E-state index contributed by atoms with van der Waals surface area (Å²) >= 11 is 0. The number of aryl methyl sites for hydroxylation is 2. The molecule has 1 aliphatic heterocycles. The van der Waals surface area contributed by atoms with Gasteiger partial charge < -0.3 is 4.57 Å². The SMILES string of the molecule is CC(C)n1c2ccccc2n2c(=O)c(=O)n(CC(=O)N3c4ccccc4CCc4ccccc43)nc12. The zero-order valence-corrected chi connectivity index (χ0v) is 20.1. The van der Waals surface area contributed by atoms with E-state index in [1.807, 2.05) is 85.1 Å². The first kappa shape index (κ1) is 22.0. The minimum Gasteiger partial charge on any atom is -0.306 e. The van der Waals surface area contributed by atoms with Crippen molar-refractivity contribution in [1.29, 1.82) is 0 Å². The summed E-state index contributed by atoms with van der Waals surface area (Å²) in [6.07, 6.45) is 1.61. The van der Waals surface area contributed by atoms with Gasteiger partial charge in [-0.05, 0) is 62.1 Å². The van der Waals surface area contributed by atoms with E-state index in [4.69, 9.17) is 0 Å². The van der Waals surface area contributed by atoms with Crippen LogP contribution in [0.2, 0.25) is 0 Å². The second kappa shape index (κ2) is 8.34. The Hall–Kier alpha value is -4.46. The molecule has 0 unspecified atom stereocenters. The first-order valence-electron chi connectivity index (χ1n) is 12.1. The van der Waals surface area contributed by atoms with Crippen LogP contribution in [0.25, 0.3) is 16.8 Å².